The van der Waals surface area contributed by atoms with Gasteiger partial charge in [-0.15, -0.1) is 0 Å². The smallest absolute Gasteiger partial charge is 0.342 e. The molecular weight excluding hydrogens is 410 g/mol. The molecule has 1 N–H and O–H groups in total. The van der Waals surface area contributed by atoms with Crippen molar-refractivity contribution >= 4 is 22.0 Å². The minimum absolute atomic E-state index is 0.0113. The molecule has 0 fully saturated rings. The summed E-state index contributed by atoms with van der Waals surface area (Å²) >= 11 is 0. The molecule has 1 amide bonds. The van der Waals surface area contributed by atoms with Crippen LogP contribution in [0.2, 0.25) is 0 Å². The van der Waals surface area contributed by atoms with Crippen LogP contribution in [0.1, 0.15) is 28.4 Å². The van der Waals surface area contributed by atoms with Gasteiger partial charge in [0, 0.05) is 13.2 Å². The van der Waals surface area contributed by atoms with Gasteiger partial charge in [0.25, 0.3) is 5.91 Å². The van der Waals surface area contributed by atoms with Crippen LogP contribution in [0.3, 0.4) is 0 Å². The van der Waals surface area contributed by atoms with Gasteiger partial charge in [-0.25, -0.2) is 4.79 Å². The fourth-order valence-corrected chi connectivity index (χ4v) is 3.93. The first-order valence-corrected chi connectivity index (χ1v) is 10.6. The van der Waals surface area contributed by atoms with E-state index in [0.717, 1.165) is 5.56 Å². The van der Waals surface area contributed by atoms with Crippen molar-refractivity contribution in [2.24, 2.45) is 0 Å². The van der Waals surface area contributed by atoms with E-state index in [4.69, 9.17) is 13.7 Å². The zero-order valence-electron chi connectivity index (χ0n) is 17.3. The summed E-state index contributed by atoms with van der Waals surface area (Å²) in [7, 11) is -2.67. The highest BCUT2D eigenvalue weighted by atomic mass is 32.2. The number of carbonyl (C=O) groups excluding carboxylic acids is 2. The first kappa shape index (κ1) is 23.4. The number of carbonyl (C=O) groups is 2. The minimum Gasteiger partial charge on any atom is -0.452 e. The highest BCUT2D eigenvalue weighted by Gasteiger charge is 2.24. The van der Waals surface area contributed by atoms with Crippen molar-refractivity contribution < 1.29 is 31.7 Å². The summed E-state index contributed by atoms with van der Waals surface area (Å²) in [5.41, 5.74) is 1.16. The molecule has 2 aromatic rings. The SMILES string of the molecule is COCC(C)NC(=O)COC(=O)c1ccccc1OS(=O)(=O)c1cc(C)ccc1C. The van der Waals surface area contributed by atoms with Crippen LogP contribution < -0.4 is 9.50 Å². The average Bonchev–Trinajstić information content (AvgIpc) is 2.68. The van der Waals surface area contributed by atoms with Gasteiger partial charge in [0.15, 0.2) is 12.4 Å². The maximum Gasteiger partial charge on any atom is 0.342 e. The molecule has 0 radical (unpaired) electrons. The van der Waals surface area contributed by atoms with Crippen molar-refractivity contribution in [3.05, 3.63) is 59.2 Å². The second kappa shape index (κ2) is 10.2. The van der Waals surface area contributed by atoms with Gasteiger partial charge in [-0.2, -0.15) is 8.42 Å². The van der Waals surface area contributed by atoms with E-state index in [1.54, 1.807) is 32.9 Å². The van der Waals surface area contributed by atoms with E-state index in [2.05, 4.69) is 5.32 Å². The molecule has 30 heavy (non-hydrogen) atoms. The van der Waals surface area contributed by atoms with Gasteiger partial charge in [-0.05, 0) is 50.1 Å². The monoisotopic (exact) mass is 435 g/mol. The van der Waals surface area contributed by atoms with E-state index in [1.165, 1.54) is 37.4 Å². The lowest BCUT2D eigenvalue weighted by molar-refractivity contribution is -0.125. The molecule has 162 valence electrons. The van der Waals surface area contributed by atoms with Gasteiger partial charge in [0.05, 0.1) is 6.61 Å². The normalized spacial score (nSPS) is 12.1. The number of rotatable bonds is 9. The molecule has 1 atom stereocenters. The van der Waals surface area contributed by atoms with Crippen LogP contribution in [0.5, 0.6) is 5.75 Å². The summed E-state index contributed by atoms with van der Waals surface area (Å²) in [6.07, 6.45) is 0. The Morgan fingerprint density at radius 3 is 2.50 bits per heavy atom. The van der Waals surface area contributed by atoms with E-state index >= 15 is 0 Å². The van der Waals surface area contributed by atoms with E-state index in [1.807, 2.05) is 0 Å². The molecular formula is C21H25NO7S. The Labute approximate surface area is 176 Å². The van der Waals surface area contributed by atoms with Crippen molar-refractivity contribution in [2.75, 3.05) is 20.3 Å². The second-order valence-corrected chi connectivity index (χ2v) is 8.32. The van der Waals surface area contributed by atoms with Crippen LogP contribution in [0.15, 0.2) is 47.4 Å². The third-order valence-electron chi connectivity index (χ3n) is 4.08. The molecule has 8 nitrogen and oxygen atoms in total. The second-order valence-electron chi connectivity index (χ2n) is 6.80. The number of para-hydroxylation sites is 1. The average molecular weight is 435 g/mol. The summed E-state index contributed by atoms with van der Waals surface area (Å²) in [5, 5.41) is 2.61. The van der Waals surface area contributed by atoms with E-state index in [9.17, 15) is 18.0 Å². The lowest BCUT2D eigenvalue weighted by atomic mass is 10.2. The molecule has 0 heterocycles. The van der Waals surface area contributed by atoms with Gasteiger partial charge >= 0.3 is 16.1 Å². The lowest BCUT2D eigenvalue weighted by Gasteiger charge is -2.14. The van der Waals surface area contributed by atoms with E-state index in [0.29, 0.717) is 12.2 Å². The largest absolute Gasteiger partial charge is 0.452 e. The van der Waals surface area contributed by atoms with Crippen LogP contribution in [0.25, 0.3) is 0 Å². The molecule has 0 aliphatic rings. The fourth-order valence-electron chi connectivity index (χ4n) is 2.66. The number of benzene rings is 2. The maximum atomic E-state index is 12.7. The summed E-state index contributed by atoms with van der Waals surface area (Å²) in [6, 6.07) is 10.5. The minimum atomic E-state index is -4.18. The Kier molecular flexibility index (Phi) is 7.96. The molecule has 0 spiro atoms. The van der Waals surface area contributed by atoms with Crippen molar-refractivity contribution in [1.29, 1.82) is 0 Å². The zero-order valence-corrected chi connectivity index (χ0v) is 18.1. The number of ether oxygens (including phenoxy) is 2. The maximum absolute atomic E-state index is 12.7. The van der Waals surface area contributed by atoms with Crippen molar-refractivity contribution in [3.63, 3.8) is 0 Å². The molecule has 1 unspecified atom stereocenters. The fraction of sp³-hybridized carbons (Fsp3) is 0.333. The highest BCUT2D eigenvalue weighted by molar-refractivity contribution is 7.87. The van der Waals surface area contributed by atoms with Gasteiger partial charge < -0.3 is 19.0 Å². The van der Waals surface area contributed by atoms with E-state index in [-0.39, 0.29) is 22.3 Å². The summed E-state index contributed by atoms with van der Waals surface area (Å²) in [5.74, 6) is -1.57. The number of hydrogen-bond donors (Lipinski definition) is 1. The topological polar surface area (TPSA) is 108 Å². The number of aryl methyl sites for hydroxylation is 2. The first-order valence-electron chi connectivity index (χ1n) is 9.20. The Morgan fingerprint density at radius 1 is 1.10 bits per heavy atom. The van der Waals surface area contributed by atoms with Gasteiger partial charge in [0.1, 0.15) is 10.5 Å². The molecule has 0 aliphatic carbocycles. The number of esters is 1. The third kappa shape index (κ3) is 6.30. The summed E-state index contributed by atoms with van der Waals surface area (Å²) < 4.78 is 40.7. The van der Waals surface area contributed by atoms with Crippen LogP contribution >= 0.6 is 0 Å². The highest BCUT2D eigenvalue weighted by Crippen LogP contribution is 2.25. The molecule has 0 bridgehead atoms. The zero-order chi connectivity index (χ0) is 22.3. The predicted molar refractivity (Wildman–Crippen MR) is 110 cm³/mol. The predicted octanol–water partition coefficient (Wildman–Crippen LogP) is 2.38. The van der Waals surface area contributed by atoms with Crippen LogP contribution in [-0.4, -0.2) is 46.7 Å². The van der Waals surface area contributed by atoms with Crippen molar-refractivity contribution in [3.8, 4) is 5.75 Å². The van der Waals surface area contributed by atoms with Crippen molar-refractivity contribution in [2.45, 2.75) is 31.7 Å². The quantitative estimate of drug-likeness (QED) is 0.476. The van der Waals surface area contributed by atoms with Gasteiger partial charge in [-0.1, -0.05) is 24.3 Å². The third-order valence-corrected chi connectivity index (χ3v) is 5.46. The van der Waals surface area contributed by atoms with Gasteiger partial charge in [0.2, 0.25) is 0 Å². The summed E-state index contributed by atoms with van der Waals surface area (Å²) in [6.45, 7) is 4.95. The molecule has 0 saturated carbocycles. The standard InChI is InChI=1S/C21H25NO7S/c1-14-9-10-15(2)19(11-14)30(25,26)29-18-8-6-5-7-17(18)21(24)28-13-20(23)22-16(3)12-27-4/h5-11,16H,12-13H2,1-4H3,(H,22,23). The van der Waals surface area contributed by atoms with Crippen LogP contribution in [-0.2, 0) is 24.4 Å². The lowest BCUT2D eigenvalue weighted by Crippen LogP contribution is -2.38. The Bertz CT molecular complexity index is 1020. The van der Waals surface area contributed by atoms with E-state index < -0.39 is 28.6 Å². The Morgan fingerprint density at radius 2 is 1.80 bits per heavy atom. The number of nitrogens with one attached hydrogen (secondary N) is 1. The molecule has 0 aliphatic heterocycles. The van der Waals surface area contributed by atoms with Crippen molar-refractivity contribution in [1.82, 2.24) is 5.32 Å². The number of methoxy groups -OCH3 is 1. The molecule has 9 heteroatoms. The molecule has 0 saturated heterocycles. The number of amides is 1. The van der Waals surface area contributed by atoms with Crippen LogP contribution in [0, 0.1) is 13.8 Å². The molecule has 0 aromatic heterocycles. The Balaban J connectivity index is 2.15. The van der Waals surface area contributed by atoms with Crippen LogP contribution in [0.4, 0.5) is 0 Å². The summed E-state index contributed by atoms with van der Waals surface area (Å²) in [4.78, 5) is 24.3. The van der Waals surface area contributed by atoms with Gasteiger partial charge in [-0.3, -0.25) is 4.79 Å². The number of hydrogen-bond acceptors (Lipinski definition) is 7. The molecule has 2 rings (SSSR count). The molecule has 2 aromatic carbocycles. The Hall–Kier alpha value is -2.91. The first-order chi connectivity index (χ1) is 14.1.